The molecule has 0 bridgehead atoms. The van der Waals surface area contributed by atoms with Gasteiger partial charge in [0.25, 0.3) is 10.0 Å². The fraction of sp³-hybridized carbons (Fsp3) is 0.125. The van der Waals surface area contributed by atoms with E-state index in [0.29, 0.717) is 0 Å². The van der Waals surface area contributed by atoms with Crippen LogP contribution in [0.5, 0.6) is 0 Å². The highest BCUT2D eigenvalue weighted by Gasteiger charge is 2.15. The van der Waals surface area contributed by atoms with E-state index in [1.807, 2.05) is 0 Å². The van der Waals surface area contributed by atoms with Gasteiger partial charge in [-0.25, -0.2) is 17.9 Å². The van der Waals surface area contributed by atoms with Gasteiger partial charge >= 0.3 is 6.09 Å². The zero-order chi connectivity index (χ0) is 10.8. The molecule has 0 aliphatic carbocycles. The summed E-state index contributed by atoms with van der Waals surface area (Å²) in [4.78, 5) is 10.1. The van der Waals surface area contributed by atoms with Crippen LogP contribution >= 0.6 is 12.4 Å². The normalized spacial score (nSPS) is 10.2. The molecule has 15 heavy (non-hydrogen) atoms. The minimum atomic E-state index is -3.93. The van der Waals surface area contributed by atoms with Gasteiger partial charge < -0.3 is 5.11 Å². The van der Waals surface area contributed by atoms with Crippen molar-refractivity contribution in [1.29, 1.82) is 0 Å². The molecule has 0 heterocycles. The number of carbonyl (C=O) groups is 1. The molecule has 84 valence electrons. The van der Waals surface area contributed by atoms with Crippen LogP contribution in [0.25, 0.3) is 0 Å². The molecule has 0 saturated heterocycles. The number of halogens is 1. The molecule has 0 fully saturated rings. The van der Waals surface area contributed by atoms with Gasteiger partial charge in [0.2, 0.25) is 0 Å². The number of amides is 1. The predicted molar refractivity (Wildman–Crippen MR) is 56.8 cm³/mol. The lowest BCUT2D eigenvalue weighted by Gasteiger charge is -2.03. The van der Waals surface area contributed by atoms with Crippen molar-refractivity contribution in [1.82, 2.24) is 4.72 Å². The van der Waals surface area contributed by atoms with E-state index in [9.17, 15) is 13.2 Å². The molecule has 1 rings (SSSR count). The molecule has 0 spiro atoms. The average Bonchev–Trinajstić information content (AvgIpc) is 2.02. The van der Waals surface area contributed by atoms with Gasteiger partial charge in [-0.2, -0.15) is 0 Å². The number of benzene rings is 1. The molecule has 5 nitrogen and oxygen atoms in total. The Balaban J connectivity index is 0.00000196. The second-order valence-corrected chi connectivity index (χ2v) is 4.41. The topological polar surface area (TPSA) is 83.5 Å². The van der Waals surface area contributed by atoms with Gasteiger partial charge in [0, 0.05) is 0 Å². The first-order chi connectivity index (χ1) is 6.42. The number of nitrogens with one attached hydrogen (secondary N) is 1. The van der Waals surface area contributed by atoms with E-state index in [2.05, 4.69) is 0 Å². The number of carboxylic acid groups (broad SMARTS) is 1. The van der Waals surface area contributed by atoms with Crippen molar-refractivity contribution in [3.63, 3.8) is 0 Å². The minimum Gasteiger partial charge on any atom is -0.464 e. The van der Waals surface area contributed by atoms with Gasteiger partial charge in [-0.05, 0) is 19.1 Å². The van der Waals surface area contributed by atoms with Crippen LogP contribution in [0.2, 0.25) is 0 Å². The van der Waals surface area contributed by atoms with E-state index in [4.69, 9.17) is 5.11 Å². The Morgan fingerprint density at radius 1 is 1.27 bits per heavy atom. The molecule has 0 unspecified atom stereocenters. The van der Waals surface area contributed by atoms with Crippen LogP contribution < -0.4 is 4.72 Å². The van der Waals surface area contributed by atoms with Crippen LogP contribution in [0, 0.1) is 6.92 Å². The van der Waals surface area contributed by atoms with Crippen molar-refractivity contribution in [3.05, 3.63) is 29.8 Å². The van der Waals surface area contributed by atoms with Crippen LogP contribution in [0.1, 0.15) is 5.56 Å². The van der Waals surface area contributed by atoms with E-state index in [-0.39, 0.29) is 17.3 Å². The lowest BCUT2D eigenvalue weighted by Crippen LogP contribution is -2.28. The lowest BCUT2D eigenvalue weighted by molar-refractivity contribution is 0.201. The number of aryl methyl sites for hydroxylation is 1. The first-order valence-electron chi connectivity index (χ1n) is 3.74. The van der Waals surface area contributed by atoms with Gasteiger partial charge in [-0.15, -0.1) is 12.4 Å². The summed E-state index contributed by atoms with van der Waals surface area (Å²) in [6, 6.07) is 5.88. The number of rotatable bonds is 2. The average molecular weight is 252 g/mol. The standard InChI is InChI=1S/C8H9NO4S.ClH/c1-6-2-4-7(5-3-6)14(12,13)9-8(10)11;/h2-5,9H,1H3,(H,10,11);1H. The van der Waals surface area contributed by atoms with Gasteiger partial charge in [0.15, 0.2) is 0 Å². The highest BCUT2D eigenvalue weighted by Crippen LogP contribution is 2.09. The number of sulfonamides is 1. The van der Waals surface area contributed by atoms with Crippen molar-refractivity contribution in [2.24, 2.45) is 0 Å². The van der Waals surface area contributed by atoms with Crippen LogP contribution in [-0.2, 0) is 10.0 Å². The first-order valence-corrected chi connectivity index (χ1v) is 5.22. The zero-order valence-electron chi connectivity index (χ0n) is 7.80. The molecule has 0 aliphatic rings. The predicted octanol–water partition coefficient (Wildman–Crippen LogP) is 1.37. The summed E-state index contributed by atoms with van der Waals surface area (Å²) in [5, 5.41) is 8.27. The monoisotopic (exact) mass is 251 g/mol. The molecule has 2 N–H and O–H groups in total. The molecule has 0 aliphatic heterocycles. The van der Waals surface area contributed by atoms with Crippen LogP contribution in [-0.4, -0.2) is 19.6 Å². The third-order valence-electron chi connectivity index (χ3n) is 1.55. The van der Waals surface area contributed by atoms with Crippen molar-refractivity contribution in [2.45, 2.75) is 11.8 Å². The highest BCUT2D eigenvalue weighted by atomic mass is 35.5. The molecule has 7 heteroatoms. The zero-order valence-corrected chi connectivity index (χ0v) is 9.43. The van der Waals surface area contributed by atoms with E-state index in [1.54, 1.807) is 19.1 Å². The Bertz CT molecular complexity index is 440. The van der Waals surface area contributed by atoms with Gasteiger partial charge in [-0.3, -0.25) is 0 Å². The molecule has 0 radical (unpaired) electrons. The summed E-state index contributed by atoms with van der Waals surface area (Å²) in [6.07, 6.45) is -1.59. The largest absolute Gasteiger partial charge is 0.464 e. The Hall–Kier alpha value is -1.27. The highest BCUT2D eigenvalue weighted by molar-refractivity contribution is 7.90. The van der Waals surface area contributed by atoms with E-state index in [0.717, 1.165) is 5.56 Å². The van der Waals surface area contributed by atoms with Crippen LogP contribution in [0.15, 0.2) is 29.2 Å². The molecular weight excluding hydrogens is 242 g/mol. The minimum absolute atomic E-state index is 0. The third-order valence-corrected chi connectivity index (χ3v) is 2.89. The van der Waals surface area contributed by atoms with Crippen molar-refractivity contribution in [3.8, 4) is 0 Å². The Morgan fingerprint density at radius 3 is 2.13 bits per heavy atom. The summed E-state index contributed by atoms with van der Waals surface area (Å²) in [6.45, 7) is 1.81. The van der Waals surface area contributed by atoms with Crippen molar-refractivity contribution < 1.29 is 18.3 Å². The summed E-state index contributed by atoms with van der Waals surface area (Å²) in [7, 11) is -3.93. The maximum atomic E-state index is 11.3. The first kappa shape index (κ1) is 13.7. The fourth-order valence-corrected chi connectivity index (χ4v) is 1.73. The molecule has 0 atom stereocenters. The second kappa shape index (κ2) is 4.99. The maximum Gasteiger partial charge on any atom is 0.418 e. The van der Waals surface area contributed by atoms with Gasteiger partial charge in [0.05, 0.1) is 4.90 Å². The van der Waals surface area contributed by atoms with Crippen molar-refractivity contribution >= 4 is 28.5 Å². The van der Waals surface area contributed by atoms with Crippen LogP contribution in [0.3, 0.4) is 0 Å². The summed E-state index contributed by atoms with van der Waals surface area (Å²) < 4.78 is 24.0. The Kier molecular flexibility index (Phi) is 4.57. The van der Waals surface area contributed by atoms with E-state index < -0.39 is 16.1 Å². The molecule has 1 amide bonds. The van der Waals surface area contributed by atoms with E-state index in [1.165, 1.54) is 16.9 Å². The smallest absolute Gasteiger partial charge is 0.418 e. The van der Waals surface area contributed by atoms with Gasteiger partial charge in [0.1, 0.15) is 0 Å². The molecular formula is C8H10ClNO4S. The lowest BCUT2D eigenvalue weighted by atomic mass is 10.2. The molecule has 1 aromatic rings. The molecule has 0 aromatic heterocycles. The SMILES string of the molecule is Cc1ccc(S(=O)(=O)NC(=O)O)cc1.Cl. The summed E-state index contributed by atoms with van der Waals surface area (Å²) in [5.41, 5.74) is 0.902. The molecule has 0 saturated carbocycles. The number of hydrogen-bond acceptors (Lipinski definition) is 3. The molecule has 1 aromatic carbocycles. The summed E-state index contributed by atoms with van der Waals surface area (Å²) in [5.74, 6) is 0. The fourth-order valence-electron chi connectivity index (χ4n) is 0.891. The van der Waals surface area contributed by atoms with E-state index >= 15 is 0 Å². The quantitative estimate of drug-likeness (QED) is 0.832. The van der Waals surface area contributed by atoms with Crippen LogP contribution in [0.4, 0.5) is 4.79 Å². The van der Waals surface area contributed by atoms with Crippen molar-refractivity contribution in [2.75, 3.05) is 0 Å². The third kappa shape index (κ3) is 3.77. The second-order valence-electron chi connectivity index (χ2n) is 2.72. The Morgan fingerprint density at radius 2 is 1.73 bits per heavy atom. The number of hydrogen-bond donors (Lipinski definition) is 2. The Labute approximate surface area is 93.6 Å². The van der Waals surface area contributed by atoms with Gasteiger partial charge in [-0.1, -0.05) is 17.7 Å². The summed E-state index contributed by atoms with van der Waals surface area (Å²) >= 11 is 0. The maximum absolute atomic E-state index is 11.3.